The number of carbonyl (C=O) groups is 1. The highest BCUT2D eigenvalue weighted by Crippen LogP contribution is 2.22. The van der Waals surface area contributed by atoms with Crippen LogP contribution in [0.2, 0.25) is 0 Å². The molecule has 1 amide bonds. The topological polar surface area (TPSA) is 96.0 Å². The van der Waals surface area contributed by atoms with Gasteiger partial charge in [0.25, 0.3) is 11.6 Å². The van der Waals surface area contributed by atoms with Crippen molar-refractivity contribution in [1.29, 1.82) is 5.26 Å². The molecular weight excluding hydrogens is 313 g/mol. The fourth-order valence-corrected chi connectivity index (χ4v) is 1.92. The van der Waals surface area contributed by atoms with E-state index in [4.69, 9.17) is 5.26 Å². The summed E-state index contributed by atoms with van der Waals surface area (Å²) in [7, 11) is 0. The quantitative estimate of drug-likeness (QED) is 0.402. The number of non-ortho nitro benzene ring substituents is 1. The predicted octanol–water partition coefficient (Wildman–Crippen LogP) is 3.59. The van der Waals surface area contributed by atoms with Crippen molar-refractivity contribution in [3.63, 3.8) is 0 Å². The summed E-state index contributed by atoms with van der Waals surface area (Å²) in [5, 5.41) is 22.4. The zero-order valence-corrected chi connectivity index (χ0v) is 12.6. The number of hydrogen-bond acceptors (Lipinski definition) is 4. The lowest BCUT2D eigenvalue weighted by Crippen LogP contribution is -2.14. The highest BCUT2D eigenvalue weighted by Gasteiger charge is 2.14. The lowest BCUT2D eigenvalue weighted by molar-refractivity contribution is -0.384. The number of nitriles is 1. The number of anilines is 1. The van der Waals surface area contributed by atoms with Crippen molar-refractivity contribution < 1.29 is 14.1 Å². The van der Waals surface area contributed by atoms with Gasteiger partial charge in [0.05, 0.1) is 10.6 Å². The Morgan fingerprint density at radius 2 is 1.96 bits per heavy atom. The molecule has 0 aliphatic heterocycles. The molecule has 2 aromatic rings. The third-order valence-corrected chi connectivity index (χ3v) is 3.23. The average Bonchev–Trinajstić information content (AvgIpc) is 2.56. The fraction of sp³-hybridized carbons (Fsp3) is 0.0588. The normalized spacial score (nSPS) is 10.8. The Hall–Kier alpha value is -3.53. The Bertz CT molecular complexity index is 868. The molecule has 0 atom stereocenters. The van der Waals surface area contributed by atoms with E-state index < -0.39 is 16.6 Å². The number of nitrogens with one attached hydrogen (secondary N) is 1. The van der Waals surface area contributed by atoms with Gasteiger partial charge in [0.15, 0.2) is 0 Å². The van der Waals surface area contributed by atoms with Crippen molar-refractivity contribution in [3.05, 3.63) is 75.1 Å². The molecule has 0 saturated carbocycles. The molecule has 0 heterocycles. The molecule has 24 heavy (non-hydrogen) atoms. The Kier molecular flexibility index (Phi) is 5.02. The summed E-state index contributed by atoms with van der Waals surface area (Å²) in [6.45, 7) is 1.68. The number of hydrogen-bond donors (Lipinski definition) is 1. The first kappa shape index (κ1) is 16.8. The molecule has 0 aliphatic carbocycles. The van der Waals surface area contributed by atoms with Gasteiger partial charge >= 0.3 is 0 Å². The minimum Gasteiger partial charge on any atom is -0.321 e. The van der Waals surface area contributed by atoms with Gasteiger partial charge in [-0.3, -0.25) is 14.9 Å². The zero-order chi connectivity index (χ0) is 17.7. The second kappa shape index (κ2) is 7.15. The number of rotatable bonds is 4. The van der Waals surface area contributed by atoms with E-state index in [1.54, 1.807) is 13.0 Å². The largest absolute Gasteiger partial charge is 0.321 e. The molecule has 0 aromatic heterocycles. The Morgan fingerprint density at radius 1 is 1.29 bits per heavy atom. The van der Waals surface area contributed by atoms with Crippen LogP contribution in [0, 0.1) is 34.2 Å². The second-order valence-corrected chi connectivity index (χ2v) is 4.93. The summed E-state index contributed by atoms with van der Waals surface area (Å²) in [4.78, 5) is 22.4. The molecule has 0 saturated heterocycles. The number of nitro benzene ring substituents is 1. The van der Waals surface area contributed by atoms with Gasteiger partial charge in [0.1, 0.15) is 17.5 Å². The van der Waals surface area contributed by atoms with Crippen LogP contribution in [-0.4, -0.2) is 10.8 Å². The van der Waals surface area contributed by atoms with Crippen LogP contribution in [0.3, 0.4) is 0 Å². The molecule has 6 nitrogen and oxygen atoms in total. The SMILES string of the molecule is Cc1ccc([N+](=O)[O-])cc1NC(=O)C(C#N)=Cc1ccc(F)cc1. The minimum atomic E-state index is -0.703. The molecule has 0 radical (unpaired) electrons. The molecule has 7 heteroatoms. The Labute approximate surface area is 137 Å². The first-order valence-corrected chi connectivity index (χ1v) is 6.84. The number of halogens is 1. The van der Waals surface area contributed by atoms with Crippen molar-refractivity contribution in [3.8, 4) is 6.07 Å². The highest BCUT2D eigenvalue weighted by molar-refractivity contribution is 6.10. The third-order valence-electron chi connectivity index (χ3n) is 3.23. The number of benzene rings is 2. The van der Waals surface area contributed by atoms with E-state index in [2.05, 4.69) is 5.32 Å². The van der Waals surface area contributed by atoms with Gasteiger partial charge in [-0.2, -0.15) is 5.26 Å². The maximum absolute atomic E-state index is 12.9. The van der Waals surface area contributed by atoms with Crippen LogP contribution in [0.5, 0.6) is 0 Å². The summed E-state index contributed by atoms with van der Waals surface area (Å²) < 4.78 is 12.9. The smallest absolute Gasteiger partial charge is 0.271 e. The Morgan fingerprint density at radius 3 is 2.54 bits per heavy atom. The average molecular weight is 325 g/mol. The van der Waals surface area contributed by atoms with Gasteiger partial charge < -0.3 is 5.32 Å². The third kappa shape index (κ3) is 4.01. The van der Waals surface area contributed by atoms with Crippen LogP contribution >= 0.6 is 0 Å². The molecule has 0 spiro atoms. The standard InChI is InChI=1S/C17H12FN3O3/c1-11-2-7-15(21(23)24)9-16(11)20-17(22)13(10-19)8-12-3-5-14(18)6-4-12/h2-9H,1H3,(H,20,22). The van der Waals surface area contributed by atoms with Gasteiger partial charge in [0, 0.05) is 12.1 Å². The van der Waals surface area contributed by atoms with E-state index in [1.165, 1.54) is 48.5 Å². The summed E-state index contributed by atoms with van der Waals surface area (Å²) >= 11 is 0. The molecule has 2 aromatic carbocycles. The second-order valence-electron chi connectivity index (χ2n) is 4.93. The molecule has 0 unspecified atom stereocenters. The van der Waals surface area contributed by atoms with Crippen LogP contribution < -0.4 is 5.32 Å². The Balaban J connectivity index is 2.27. The van der Waals surface area contributed by atoms with Crippen LogP contribution in [0.4, 0.5) is 15.8 Å². The van der Waals surface area contributed by atoms with Crippen molar-refractivity contribution >= 4 is 23.4 Å². The summed E-state index contributed by atoms with van der Waals surface area (Å²) in [6, 6.07) is 11.1. The molecule has 1 N–H and O–H groups in total. The summed E-state index contributed by atoms with van der Waals surface area (Å²) in [6.07, 6.45) is 1.31. The molecule has 120 valence electrons. The zero-order valence-electron chi connectivity index (χ0n) is 12.6. The predicted molar refractivity (Wildman–Crippen MR) is 86.5 cm³/mol. The van der Waals surface area contributed by atoms with Gasteiger partial charge in [0.2, 0.25) is 0 Å². The number of carbonyl (C=O) groups excluding carboxylic acids is 1. The number of nitro groups is 1. The van der Waals surface area contributed by atoms with Crippen LogP contribution in [0.1, 0.15) is 11.1 Å². The lowest BCUT2D eigenvalue weighted by atomic mass is 10.1. The van der Waals surface area contributed by atoms with Crippen molar-refractivity contribution in [2.24, 2.45) is 0 Å². The molecule has 0 fully saturated rings. The van der Waals surface area contributed by atoms with E-state index in [-0.39, 0.29) is 16.9 Å². The van der Waals surface area contributed by atoms with E-state index >= 15 is 0 Å². The molecule has 0 bridgehead atoms. The number of aryl methyl sites for hydroxylation is 1. The van der Waals surface area contributed by atoms with Crippen LogP contribution in [-0.2, 0) is 4.79 Å². The van der Waals surface area contributed by atoms with E-state index in [1.807, 2.05) is 0 Å². The van der Waals surface area contributed by atoms with E-state index in [0.717, 1.165) is 0 Å². The van der Waals surface area contributed by atoms with Crippen LogP contribution in [0.15, 0.2) is 48.0 Å². The summed E-state index contributed by atoms with van der Waals surface area (Å²) in [5.41, 5.74) is 0.978. The monoisotopic (exact) mass is 325 g/mol. The van der Waals surface area contributed by atoms with Crippen molar-refractivity contribution in [1.82, 2.24) is 0 Å². The first-order valence-electron chi connectivity index (χ1n) is 6.84. The van der Waals surface area contributed by atoms with Gasteiger partial charge in [-0.15, -0.1) is 0 Å². The molecular formula is C17H12FN3O3. The molecule has 2 rings (SSSR count). The van der Waals surface area contributed by atoms with Gasteiger partial charge in [-0.05, 0) is 36.3 Å². The maximum atomic E-state index is 12.9. The maximum Gasteiger partial charge on any atom is 0.271 e. The van der Waals surface area contributed by atoms with Gasteiger partial charge in [-0.1, -0.05) is 18.2 Å². The fourth-order valence-electron chi connectivity index (χ4n) is 1.92. The van der Waals surface area contributed by atoms with Crippen molar-refractivity contribution in [2.75, 3.05) is 5.32 Å². The highest BCUT2D eigenvalue weighted by atomic mass is 19.1. The van der Waals surface area contributed by atoms with Crippen molar-refractivity contribution in [2.45, 2.75) is 6.92 Å². The minimum absolute atomic E-state index is 0.170. The number of nitrogens with zero attached hydrogens (tertiary/aromatic N) is 2. The number of amides is 1. The lowest BCUT2D eigenvalue weighted by Gasteiger charge is -2.07. The first-order chi connectivity index (χ1) is 11.4. The van der Waals surface area contributed by atoms with Gasteiger partial charge in [-0.25, -0.2) is 4.39 Å². The summed E-state index contributed by atoms with van der Waals surface area (Å²) in [5.74, 6) is -1.13. The van der Waals surface area contributed by atoms with Crippen LogP contribution in [0.25, 0.3) is 6.08 Å². The van der Waals surface area contributed by atoms with E-state index in [0.29, 0.717) is 11.1 Å². The van der Waals surface area contributed by atoms with E-state index in [9.17, 15) is 19.3 Å². The molecule has 0 aliphatic rings.